The Morgan fingerprint density at radius 2 is 2.38 bits per heavy atom. The molecule has 108 valence electrons. The van der Waals surface area contributed by atoms with Gasteiger partial charge in [-0.05, 0) is 23.2 Å². The third-order valence-corrected chi connectivity index (χ3v) is 3.22. The van der Waals surface area contributed by atoms with Gasteiger partial charge in [0, 0.05) is 16.8 Å². The summed E-state index contributed by atoms with van der Waals surface area (Å²) in [5.41, 5.74) is 9.45. The molecule has 2 amide bonds. The second-order valence-electron chi connectivity index (χ2n) is 3.97. The molecule has 0 aliphatic rings. The number of hydrogen-bond donors (Lipinski definition) is 2. The fourth-order valence-electron chi connectivity index (χ4n) is 1.51. The molecule has 0 aliphatic heterocycles. The number of azide groups is 1. The van der Waals surface area contributed by atoms with Gasteiger partial charge in [-0.15, -0.1) is 11.3 Å². The van der Waals surface area contributed by atoms with Crippen molar-refractivity contribution in [2.24, 2.45) is 5.11 Å². The van der Waals surface area contributed by atoms with Gasteiger partial charge in [-0.2, -0.15) is 0 Å². The smallest absolute Gasteiger partial charge is 0.321 e. The highest BCUT2D eigenvalue weighted by atomic mass is 32.1. The molecule has 0 fully saturated rings. The zero-order valence-electron chi connectivity index (χ0n) is 10.8. The molecule has 0 atom stereocenters. The van der Waals surface area contributed by atoms with Crippen LogP contribution in [0.3, 0.4) is 0 Å². The van der Waals surface area contributed by atoms with Crippen LogP contribution in [-0.4, -0.2) is 11.0 Å². The van der Waals surface area contributed by atoms with E-state index in [2.05, 4.69) is 25.6 Å². The molecule has 9 heteroatoms. The highest BCUT2D eigenvalue weighted by Gasteiger charge is 2.06. The summed E-state index contributed by atoms with van der Waals surface area (Å²) in [4.78, 5) is 18.4. The molecule has 2 N–H and O–H groups in total. The summed E-state index contributed by atoms with van der Waals surface area (Å²) in [7, 11) is 0. The number of anilines is 1. The first-order valence-electron chi connectivity index (χ1n) is 5.92. The van der Waals surface area contributed by atoms with Crippen LogP contribution in [0, 0.1) is 5.82 Å². The summed E-state index contributed by atoms with van der Waals surface area (Å²) in [5, 5.41) is 10.6. The lowest BCUT2D eigenvalue weighted by molar-refractivity contribution is 0.251. The first kappa shape index (κ1) is 14.8. The van der Waals surface area contributed by atoms with Crippen LogP contribution < -0.4 is 10.6 Å². The Morgan fingerprint density at radius 3 is 3.14 bits per heavy atom. The van der Waals surface area contributed by atoms with Crippen LogP contribution in [0.15, 0.2) is 34.8 Å². The minimum Gasteiger partial charge on any atom is -0.334 e. The van der Waals surface area contributed by atoms with Crippen molar-refractivity contribution in [1.82, 2.24) is 10.3 Å². The summed E-state index contributed by atoms with van der Waals surface area (Å²) in [6.07, 6.45) is 0. The second kappa shape index (κ2) is 7.22. The molecule has 0 bridgehead atoms. The first-order valence-corrected chi connectivity index (χ1v) is 6.80. The molecule has 1 heterocycles. The van der Waals surface area contributed by atoms with Crippen molar-refractivity contribution in [2.75, 3.05) is 5.32 Å². The van der Waals surface area contributed by atoms with E-state index in [1.807, 2.05) is 0 Å². The third kappa shape index (κ3) is 4.75. The average molecular weight is 306 g/mol. The van der Waals surface area contributed by atoms with E-state index in [1.54, 1.807) is 17.5 Å². The van der Waals surface area contributed by atoms with E-state index in [9.17, 15) is 9.18 Å². The van der Waals surface area contributed by atoms with Gasteiger partial charge >= 0.3 is 6.03 Å². The van der Waals surface area contributed by atoms with Crippen molar-refractivity contribution < 1.29 is 9.18 Å². The largest absolute Gasteiger partial charge is 0.334 e. The van der Waals surface area contributed by atoms with Gasteiger partial charge in [0.25, 0.3) is 0 Å². The minimum atomic E-state index is -0.441. The molecule has 0 radical (unpaired) electrons. The molecule has 0 aliphatic carbocycles. The van der Waals surface area contributed by atoms with E-state index >= 15 is 0 Å². The molecule has 2 rings (SSSR count). The molecule has 0 spiro atoms. The van der Waals surface area contributed by atoms with Crippen LogP contribution in [0.4, 0.5) is 14.3 Å². The number of aromatic nitrogens is 1. The predicted molar refractivity (Wildman–Crippen MR) is 77.2 cm³/mol. The summed E-state index contributed by atoms with van der Waals surface area (Å²) in [6, 6.07) is 5.54. The fraction of sp³-hybridized carbons (Fsp3) is 0.167. The van der Waals surface area contributed by atoms with Crippen LogP contribution in [0.2, 0.25) is 0 Å². The van der Waals surface area contributed by atoms with Gasteiger partial charge in [0.2, 0.25) is 0 Å². The lowest BCUT2D eigenvalue weighted by atomic mass is 10.2. The number of carbonyl (C=O) groups is 1. The maximum absolute atomic E-state index is 13.0. The van der Waals surface area contributed by atoms with Gasteiger partial charge in [-0.25, -0.2) is 14.2 Å². The number of hydrogen-bond acceptors (Lipinski definition) is 4. The molecular weight excluding hydrogens is 295 g/mol. The Labute approximate surface area is 123 Å². The molecule has 1 aromatic heterocycles. The van der Waals surface area contributed by atoms with Gasteiger partial charge in [-0.1, -0.05) is 17.2 Å². The van der Waals surface area contributed by atoms with E-state index in [0.29, 0.717) is 16.4 Å². The van der Waals surface area contributed by atoms with Crippen LogP contribution in [-0.2, 0) is 13.1 Å². The van der Waals surface area contributed by atoms with E-state index in [-0.39, 0.29) is 18.9 Å². The van der Waals surface area contributed by atoms with Crippen LogP contribution in [0.25, 0.3) is 10.4 Å². The number of amides is 2. The monoisotopic (exact) mass is 306 g/mol. The van der Waals surface area contributed by atoms with Crippen molar-refractivity contribution in [2.45, 2.75) is 13.1 Å². The number of carbonyl (C=O) groups excluding carboxylic acids is 1. The van der Waals surface area contributed by atoms with E-state index in [1.165, 1.54) is 23.5 Å². The number of nitrogens with zero attached hydrogens (tertiary/aromatic N) is 4. The van der Waals surface area contributed by atoms with Gasteiger partial charge < -0.3 is 5.32 Å². The average Bonchev–Trinajstić information content (AvgIpc) is 2.90. The normalized spacial score (nSPS) is 9.76. The Hall–Kier alpha value is -2.64. The highest BCUT2D eigenvalue weighted by Crippen LogP contribution is 2.15. The SMILES string of the molecule is [N-]=[N+]=NCc1csc(NC(=O)NCc2cccc(F)c2)n1. The Bertz CT molecular complexity index is 682. The van der Waals surface area contributed by atoms with Crippen LogP contribution >= 0.6 is 11.3 Å². The molecule has 0 unspecified atom stereocenters. The highest BCUT2D eigenvalue weighted by molar-refractivity contribution is 7.13. The molecular formula is C12H11FN6OS. The van der Waals surface area contributed by atoms with Crippen molar-refractivity contribution in [3.8, 4) is 0 Å². The minimum absolute atomic E-state index is 0.138. The maximum Gasteiger partial charge on any atom is 0.321 e. The fourth-order valence-corrected chi connectivity index (χ4v) is 2.21. The van der Waals surface area contributed by atoms with Gasteiger partial charge in [0.15, 0.2) is 5.13 Å². The van der Waals surface area contributed by atoms with Gasteiger partial charge in [-0.3, -0.25) is 5.32 Å². The van der Waals surface area contributed by atoms with Gasteiger partial charge in [0.1, 0.15) is 5.82 Å². The maximum atomic E-state index is 13.0. The van der Waals surface area contributed by atoms with Crippen LogP contribution in [0.5, 0.6) is 0 Å². The molecule has 2 aromatic rings. The summed E-state index contributed by atoms with van der Waals surface area (Å²) < 4.78 is 13.0. The number of rotatable bonds is 5. The lowest BCUT2D eigenvalue weighted by Gasteiger charge is -2.05. The van der Waals surface area contributed by atoms with Crippen molar-refractivity contribution >= 4 is 22.5 Å². The van der Waals surface area contributed by atoms with Crippen LogP contribution in [0.1, 0.15) is 11.3 Å². The van der Waals surface area contributed by atoms with Crippen molar-refractivity contribution in [3.63, 3.8) is 0 Å². The predicted octanol–water partition coefficient (Wildman–Crippen LogP) is 3.41. The Balaban J connectivity index is 1.84. The first-order chi connectivity index (χ1) is 10.2. The van der Waals surface area contributed by atoms with Crippen molar-refractivity contribution in [1.29, 1.82) is 0 Å². The quantitative estimate of drug-likeness (QED) is 0.502. The molecule has 21 heavy (non-hydrogen) atoms. The number of nitrogens with one attached hydrogen (secondary N) is 2. The lowest BCUT2D eigenvalue weighted by Crippen LogP contribution is -2.28. The Kier molecular flexibility index (Phi) is 5.08. The summed E-state index contributed by atoms with van der Waals surface area (Å²) in [6.45, 7) is 0.347. The van der Waals surface area contributed by atoms with E-state index < -0.39 is 6.03 Å². The van der Waals surface area contributed by atoms with E-state index in [0.717, 1.165) is 0 Å². The number of thiazole rings is 1. The molecule has 7 nitrogen and oxygen atoms in total. The summed E-state index contributed by atoms with van der Waals surface area (Å²) in [5.74, 6) is -0.350. The van der Waals surface area contributed by atoms with Gasteiger partial charge in [0.05, 0.1) is 12.2 Å². The molecule has 0 saturated carbocycles. The molecule has 1 aromatic carbocycles. The topological polar surface area (TPSA) is 103 Å². The number of urea groups is 1. The summed E-state index contributed by atoms with van der Waals surface area (Å²) >= 11 is 1.23. The number of benzene rings is 1. The standard InChI is InChI=1S/C12H11FN6OS/c13-9-3-1-2-8(4-9)5-15-11(20)18-12-17-10(7-21-12)6-16-19-14/h1-4,7H,5-6H2,(H2,15,17,18,20). The zero-order valence-corrected chi connectivity index (χ0v) is 11.6. The van der Waals surface area contributed by atoms with Crippen molar-refractivity contribution in [3.05, 3.63) is 57.2 Å². The zero-order chi connectivity index (χ0) is 15.1. The second-order valence-corrected chi connectivity index (χ2v) is 4.83. The van der Waals surface area contributed by atoms with E-state index in [4.69, 9.17) is 5.53 Å². The number of halogens is 1. The molecule has 0 saturated heterocycles. The third-order valence-electron chi connectivity index (χ3n) is 2.41. The Morgan fingerprint density at radius 1 is 1.52 bits per heavy atom.